The monoisotopic (exact) mass is 545 g/mol. The van der Waals surface area contributed by atoms with Crippen molar-refractivity contribution in [1.82, 2.24) is 9.97 Å². The number of rotatable bonds is 8. The van der Waals surface area contributed by atoms with Gasteiger partial charge in [-0.2, -0.15) is 0 Å². The van der Waals surface area contributed by atoms with E-state index in [1.54, 1.807) is 7.11 Å². The number of ether oxygens (including phenoxy) is 2. The van der Waals surface area contributed by atoms with Crippen LogP contribution in [0.1, 0.15) is 63.1 Å². The summed E-state index contributed by atoms with van der Waals surface area (Å²) in [6.07, 6.45) is 1.12. The van der Waals surface area contributed by atoms with E-state index in [0.29, 0.717) is 59.0 Å². The van der Waals surface area contributed by atoms with Gasteiger partial charge in [-0.25, -0.2) is 4.98 Å². The summed E-state index contributed by atoms with van der Waals surface area (Å²) in [7, 11) is 1.59. The van der Waals surface area contributed by atoms with Gasteiger partial charge in [0.25, 0.3) is 5.56 Å². The van der Waals surface area contributed by atoms with Gasteiger partial charge in [-0.1, -0.05) is 75.9 Å². The lowest BCUT2D eigenvalue weighted by molar-refractivity contribution is -0.118. The van der Waals surface area contributed by atoms with Crippen LogP contribution in [0.3, 0.4) is 0 Å². The number of aromatic amines is 1. The van der Waals surface area contributed by atoms with Crippen molar-refractivity contribution in [2.24, 2.45) is 11.3 Å². The van der Waals surface area contributed by atoms with Gasteiger partial charge in [0.2, 0.25) is 0 Å². The molecule has 0 amide bonds. The highest BCUT2D eigenvalue weighted by molar-refractivity contribution is 7.99. The van der Waals surface area contributed by atoms with E-state index in [4.69, 9.17) is 14.5 Å². The smallest absolute Gasteiger partial charge is 0.257 e. The summed E-state index contributed by atoms with van der Waals surface area (Å²) in [6.45, 7) is 8.85. The molecule has 204 valence electrons. The zero-order valence-electron chi connectivity index (χ0n) is 23.1. The van der Waals surface area contributed by atoms with Crippen molar-refractivity contribution in [2.75, 3.05) is 18.2 Å². The number of thioether (sulfide) groups is 1. The number of Topliss-reactive ketones (excluding diaryl/α,β-unsaturated/α-hetero) is 1. The molecule has 3 aromatic rings. The molecule has 2 heterocycles. The number of aromatic nitrogens is 2. The minimum Gasteiger partial charge on any atom is -0.493 e. The molecule has 1 aliphatic carbocycles. The van der Waals surface area contributed by atoms with Crippen LogP contribution in [0, 0.1) is 11.3 Å². The Hall–Kier alpha value is -3.52. The SMILES string of the molecule is COc1cc(C2C3=C(CC(C)(C)CC3=O)Nc3nc(SCC(C)C)[nH]c(=O)c32)ccc1OCc1ccccc1. The van der Waals surface area contributed by atoms with Gasteiger partial charge < -0.3 is 19.8 Å². The number of carbonyl (C=O) groups is 1. The average Bonchev–Trinajstić information content (AvgIpc) is 2.89. The van der Waals surface area contributed by atoms with E-state index in [1.807, 2.05) is 48.5 Å². The lowest BCUT2D eigenvalue weighted by Crippen LogP contribution is -2.37. The molecule has 0 fully saturated rings. The Kier molecular flexibility index (Phi) is 7.58. The number of carbonyl (C=O) groups excluding carboxylic acids is 1. The molecule has 1 atom stereocenters. The summed E-state index contributed by atoms with van der Waals surface area (Å²) in [5.41, 5.74) is 3.34. The van der Waals surface area contributed by atoms with E-state index < -0.39 is 5.92 Å². The summed E-state index contributed by atoms with van der Waals surface area (Å²) in [5, 5.41) is 3.97. The largest absolute Gasteiger partial charge is 0.493 e. The Balaban J connectivity index is 1.58. The molecule has 0 saturated heterocycles. The van der Waals surface area contributed by atoms with E-state index in [0.717, 1.165) is 22.6 Å². The normalized spacial score (nSPS) is 17.9. The molecule has 2 N–H and O–H groups in total. The maximum absolute atomic E-state index is 13.6. The van der Waals surface area contributed by atoms with Gasteiger partial charge in [0.1, 0.15) is 12.4 Å². The van der Waals surface area contributed by atoms with Crippen molar-refractivity contribution >= 4 is 23.4 Å². The van der Waals surface area contributed by atoms with Gasteiger partial charge >= 0.3 is 0 Å². The molecule has 5 rings (SSSR count). The van der Waals surface area contributed by atoms with E-state index in [9.17, 15) is 9.59 Å². The molecule has 0 radical (unpaired) electrons. The number of fused-ring (bicyclic) bond motifs is 1. The molecule has 39 heavy (non-hydrogen) atoms. The number of nitrogens with zero attached hydrogens (tertiary/aromatic N) is 1. The number of methoxy groups -OCH3 is 1. The van der Waals surface area contributed by atoms with Crippen LogP contribution in [0.5, 0.6) is 11.5 Å². The second-order valence-electron chi connectivity index (χ2n) is 11.4. The Labute approximate surface area is 233 Å². The Bertz CT molecular complexity index is 1480. The average molecular weight is 546 g/mol. The van der Waals surface area contributed by atoms with Crippen LogP contribution in [0.2, 0.25) is 0 Å². The summed E-state index contributed by atoms with van der Waals surface area (Å²) < 4.78 is 11.8. The van der Waals surface area contributed by atoms with Gasteiger partial charge in [0.15, 0.2) is 22.4 Å². The maximum Gasteiger partial charge on any atom is 0.257 e. The second-order valence-corrected chi connectivity index (χ2v) is 12.4. The van der Waals surface area contributed by atoms with E-state index in [-0.39, 0.29) is 16.8 Å². The molecule has 1 unspecified atom stereocenters. The Morgan fingerprint density at radius 1 is 1.08 bits per heavy atom. The van der Waals surface area contributed by atoms with Crippen molar-refractivity contribution in [3.05, 3.63) is 86.8 Å². The fourth-order valence-corrected chi connectivity index (χ4v) is 6.07. The number of nitrogens with one attached hydrogen (secondary N) is 2. The van der Waals surface area contributed by atoms with Crippen molar-refractivity contribution in [3.63, 3.8) is 0 Å². The summed E-state index contributed by atoms with van der Waals surface area (Å²) in [4.78, 5) is 34.9. The van der Waals surface area contributed by atoms with Crippen molar-refractivity contribution in [3.8, 4) is 11.5 Å². The van der Waals surface area contributed by atoms with Crippen LogP contribution in [0.4, 0.5) is 5.82 Å². The molecule has 0 saturated carbocycles. The van der Waals surface area contributed by atoms with E-state index in [2.05, 4.69) is 38.0 Å². The van der Waals surface area contributed by atoms with Crippen LogP contribution in [0.15, 0.2) is 69.8 Å². The predicted octanol–water partition coefficient (Wildman–Crippen LogP) is 6.31. The molecule has 7 nitrogen and oxygen atoms in total. The van der Waals surface area contributed by atoms with Gasteiger partial charge in [0.05, 0.1) is 12.7 Å². The molecule has 0 spiro atoms. The Morgan fingerprint density at radius 3 is 2.56 bits per heavy atom. The fraction of sp³-hybridized carbons (Fsp3) is 0.387. The number of hydrogen-bond acceptors (Lipinski definition) is 7. The number of benzene rings is 2. The number of ketones is 1. The number of anilines is 1. The first kappa shape index (κ1) is 27.1. The van der Waals surface area contributed by atoms with Gasteiger partial charge in [-0.05, 0) is 41.0 Å². The lowest BCUT2D eigenvalue weighted by atomic mass is 9.69. The van der Waals surface area contributed by atoms with Gasteiger partial charge in [-0.15, -0.1) is 0 Å². The third-order valence-electron chi connectivity index (χ3n) is 7.01. The minimum atomic E-state index is -0.558. The first-order valence-corrected chi connectivity index (χ1v) is 14.3. The standard InChI is InChI=1S/C31H35N3O4S/c1-18(2)17-39-30-33-28-27(29(36)34-30)25(26-21(32-28)14-31(3,4)15-22(26)35)20-11-12-23(24(13-20)37-5)38-16-19-9-7-6-8-10-19/h6-13,18,25H,14-17H2,1-5H3,(H2,32,33,34,36). The highest BCUT2D eigenvalue weighted by Crippen LogP contribution is 2.48. The summed E-state index contributed by atoms with van der Waals surface area (Å²) >= 11 is 1.53. The molecule has 8 heteroatoms. The van der Waals surface area contributed by atoms with Crippen LogP contribution in [-0.4, -0.2) is 28.6 Å². The molecule has 1 aromatic heterocycles. The third kappa shape index (κ3) is 5.76. The van der Waals surface area contributed by atoms with Gasteiger partial charge in [-0.3, -0.25) is 9.59 Å². The Morgan fingerprint density at radius 2 is 1.85 bits per heavy atom. The zero-order valence-corrected chi connectivity index (χ0v) is 23.9. The van der Waals surface area contributed by atoms with Crippen molar-refractivity contribution < 1.29 is 14.3 Å². The zero-order chi connectivity index (χ0) is 27.7. The van der Waals surface area contributed by atoms with E-state index in [1.165, 1.54) is 11.8 Å². The summed E-state index contributed by atoms with van der Waals surface area (Å²) in [5.74, 6) is 2.44. The minimum absolute atomic E-state index is 0.0467. The lowest BCUT2D eigenvalue weighted by Gasteiger charge is -2.38. The van der Waals surface area contributed by atoms with Crippen LogP contribution >= 0.6 is 11.8 Å². The first-order chi connectivity index (χ1) is 18.6. The first-order valence-electron chi connectivity index (χ1n) is 13.3. The summed E-state index contributed by atoms with van der Waals surface area (Å²) in [6, 6.07) is 15.6. The van der Waals surface area contributed by atoms with E-state index >= 15 is 0 Å². The topological polar surface area (TPSA) is 93.3 Å². The highest BCUT2D eigenvalue weighted by Gasteiger charge is 2.42. The van der Waals surface area contributed by atoms with Crippen molar-refractivity contribution in [2.45, 2.75) is 58.2 Å². The molecule has 0 bridgehead atoms. The number of hydrogen-bond donors (Lipinski definition) is 2. The third-order valence-corrected chi connectivity index (χ3v) is 8.31. The van der Waals surface area contributed by atoms with Crippen molar-refractivity contribution in [1.29, 1.82) is 0 Å². The second kappa shape index (κ2) is 10.9. The molecular formula is C31H35N3O4S. The quantitative estimate of drug-likeness (QED) is 0.253. The van der Waals surface area contributed by atoms with Crippen LogP contribution in [0.25, 0.3) is 0 Å². The van der Waals surface area contributed by atoms with Gasteiger partial charge in [0, 0.05) is 29.4 Å². The molecular weight excluding hydrogens is 510 g/mol. The molecule has 2 aromatic carbocycles. The van der Waals surface area contributed by atoms with Crippen LogP contribution in [-0.2, 0) is 11.4 Å². The number of allylic oxidation sites excluding steroid dienone is 2. The fourth-order valence-electron chi connectivity index (χ4n) is 5.26. The predicted molar refractivity (Wildman–Crippen MR) is 155 cm³/mol. The molecule has 1 aliphatic heterocycles. The highest BCUT2D eigenvalue weighted by atomic mass is 32.2. The molecule has 2 aliphatic rings. The number of H-pyrrole nitrogens is 1. The van der Waals surface area contributed by atoms with Crippen LogP contribution < -0.4 is 20.3 Å². The maximum atomic E-state index is 13.6.